The molecule has 0 atom stereocenters. The minimum Gasteiger partial charge on any atom is -0.381 e. The van der Waals surface area contributed by atoms with Crippen LogP contribution in [0.1, 0.15) is 18.1 Å². The monoisotopic (exact) mass is 254 g/mol. The summed E-state index contributed by atoms with van der Waals surface area (Å²) in [7, 11) is 2.14. The van der Waals surface area contributed by atoms with Crippen molar-refractivity contribution in [2.24, 2.45) is 0 Å². The Kier molecular flexibility index (Phi) is 4.99. The smallest absolute Gasteiger partial charge is 0.0400 e. The van der Waals surface area contributed by atoms with E-state index in [1.54, 1.807) is 0 Å². The van der Waals surface area contributed by atoms with E-state index < -0.39 is 0 Å². The van der Waals surface area contributed by atoms with Crippen molar-refractivity contribution in [3.8, 4) is 0 Å². The summed E-state index contributed by atoms with van der Waals surface area (Å²) < 4.78 is 0. The fourth-order valence-corrected chi connectivity index (χ4v) is 1.95. The van der Waals surface area contributed by atoms with Crippen molar-refractivity contribution in [2.75, 3.05) is 18.9 Å². The summed E-state index contributed by atoms with van der Waals surface area (Å²) in [5.74, 6) is 0. The van der Waals surface area contributed by atoms with Crippen LogP contribution in [-0.2, 0) is 13.1 Å². The van der Waals surface area contributed by atoms with E-state index in [1.165, 1.54) is 16.8 Å². The lowest BCUT2D eigenvalue weighted by molar-refractivity contribution is 0.346. The minimum absolute atomic E-state index is 0.870. The molecule has 2 heteroatoms. The molecule has 0 saturated carbocycles. The van der Waals surface area contributed by atoms with Crippen molar-refractivity contribution in [2.45, 2.75) is 20.0 Å². The lowest BCUT2D eigenvalue weighted by atomic mass is 10.2. The largest absolute Gasteiger partial charge is 0.381 e. The van der Waals surface area contributed by atoms with Gasteiger partial charge in [0, 0.05) is 18.8 Å². The van der Waals surface area contributed by atoms with E-state index in [-0.39, 0.29) is 0 Å². The van der Waals surface area contributed by atoms with Crippen LogP contribution >= 0.6 is 0 Å². The van der Waals surface area contributed by atoms with Gasteiger partial charge in [-0.25, -0.2) is 0 Å². The third kappa shape index (κ3) is 4.42. The van der Waals surface area contributed by atoms with Crippen LogP contribution in [0.5, 0.6) is 0 Å². The first kappa shape index (κ1) is 13.6. The first-order chi connectivity index (χ1) is 9.28. The van der Waals surface area contributed by atoms with E-state index in [0.29, 0.717) is 0 Å². The Morgan fingerprint density at radius 1 is 0.895 bits per heavy atom. The summed E-state index contributed by atoms with van der Waals surface area (Å²) in [5, 5.41) is 3.44. The molecule has 0 saturated heterocycles. The van der Waals surface area contributed by atoms with E-state index in [0.717, 1.165) is 19.6 Å². The minimum atomic E-state index is 0.870. The van der Waals surface area contributed by atoms with Gasteiger partial charge >= 0.3 is 0 Å². The molecule has 0 aliphatic heterocycles. The van der Waals surface area contributed by atoms with Gasteiger partial charge < -0.3 is 10.2 Å². The maximum Gasteiger partial charge on any atom is 0.0400 e. The summed E-state index contributed by atoms with van der Waals surface area (Å²) in [5.41, 5.74) is 3.83. The number of nitrogens with zero attached hydrogens (tertiary/aromatic N) is 1. The summed E-state index contributed by atoms with van der Waals surface area (Å²) >= 11 is 0. The van der Waals surface area contributed by atoms with Crippen LogP contribution in [0, 0.1) is 0 Å². The molecule has 0 aliphatic carbocycles. The molecule has 0 fully saturated rings. The Morgan fingerprint density at radius 2 is 1.58 bits per heavy atom. The third-order valence-electron chi connectivity index (χ3n) is 3.29. The van der Waals surface area contributed by atoms with Gasteiger partial charge in [-0.3, -0.25) is 0 Å². The third-order valence-corrected chi connectivity index (χ3v) is 3.29. The van der Waals surface area contributed by atoms with E-state index in [1.807, 2.05) is 6.07 Å². The molecule has 2 nitrogen and oxygen atoms in total. The average Bonchev–Trinajstić information content (AvgIpc) is 2.47. The van der Waals surface area contributed by atoms with Gasteiger partial charge in [-0.05, 0) is 36.9 Å². The van der Waals surface area contributed by atoms with Gasteiger partial charge in [0.25, 0.3) is 0 Å². The average molecular weight is 254 g/mol. The SMILES string of the molecule is CCN(C)Cc1ccc(NCc2ccccc2)cc1. The standard InChI is InChI=1S/C17H22N2/c1-3-19(2)14-16-9-11-17(12-10-16)18-13-15-7-5-4-6-8-15/h4-12,18H,3,13-14H2,1-2H3. The fraction of sp³-hybridized carbons (Fsp3) is 0.294. The lowest BCUT2D eigenvalue weighted by Gasteiger charge is -2.14. The lowest BCUT2D eigenvalue weighted by Crippen LogP contribution is -2.16. The van der Waals surface area contributed by atoms with Gasteiger partial charge in [0.1, 0.15) is 0 Å². The van der Waals surface area contributed by atoms with Gasteiger partial charge in [0.15, 0.2) is 0 Å². The number of benzene rings is 2. The van der Waals surface area contributed by atoms with E-state index in [2.05, 4.69) is 72.7 Å². The molecule has 0 radical (unpaired) electrons. The molecule has 0 spiro atoms. The quantitative estimate of drug-likeness (QED) is 0.844. The van der Waals surface area contributed by atoms with Crippen LogP contribution in [0.2, 0.25) is 0 Å². The van der Waals surface area contributed by atoms with E-state index in [4.69, 9.17) is 0 Å². The predicted molar refractivity (Wildman–Crippen MR) is 82.2 cm³/mol. The fourth-order valence-electron chi connectivity index (χ4n) is 1.95. The summed E-state index contributed by atoms with van der Waals surface area (Å²) in [6.07, 6.45) is 0. The maximum absolute atomic E-state index is 3.44. The van der Waals surface area contributed by atoms with Gasteiger partial charge in [-0.1, -0.05) is 49.4 Å². The van der Waals surface area contributed by atoms with Crippen molar-refractivity contribution in [1.29, 1.82) is 0 Å². The van der Waals surface area contributed by atoms with Crippen LogP contribution in [0.15, 0.2) is 54.6 Å². The molecule has 100 valence electrons. The molecule has 0 heterocycles. The first-order valence-electron chi connectivity index (χ1n) is 6.83. The molecule has 0 unspecified atom stereocenters. The van der Waals surface area contributed by atoms with Crippen LogP contribution in [0.25, 0.3) is 0 Å². The zero-order valence-corrected chi connectivity index (χ0v) is 11.8. The molecular weight excluding hydrogens is 232 g/mol. The number of hydrogen-bond acceptors (Lipinski definition) is 2. The highest BCUT2D eigenvalue weighted by Gasteiger charge is 1.98. The Balaban J connectivity index is 1.88. The van der Waals surface area contributed by atoms with Crippen molar-refractivity contribution in [1.82, 2.24) is 4.90 Å². The number of anilines is 1. The van der Waals surface area contributed by atoms with Gasteiger partial charge in [-0.15, -0.1) is 0 Å². The molecule has 2 rings (SSSR count). The molecule has 19 heavy (non-hydrogen) atoms. The second-order valence-electron chi connectivity index (χ2n) is 4.87. The molecule has 1 N–H and O–H groups in total. The number of nitrogens with one attached hydrogen (secondary N) is 1. The van der Waals surface area contributed by atoms with Crippen LogP contribution < -0.4 is 5.32 Å². The van der Waals surface area contributed by atoms with Crippen molar-refractivity contribution in [3.05, 3.63) is 65.7 Å². The number of hydrogen-bond donors (Lipinski definition) is 1. The second kappa shape index (κ2) is 6.95. The predicted octanol–water partition coefficient (Wildman–Crippen LogP) is 3.75. The Labute approximate surface area is 116 Å². The molecule has 0 aromatic heterocycles. The maximum atomic E-state index is 3.44. The first-order valence-corrected chi connectivity index (χ1v) is 6.83. The van der Waals surface area contributed by atoms with Gasteiger partial charge in [0.2, 0.25) is 0 Å². The second-order valence-corrected chi connectivity index (χ2v) is 4.87. The van der Waals surface area contributed by atoms with Crippen molar-refractivity contribution < 1.29 is 0 Å². The van der Waals surface area contributed by atoms with E-state index >= 15 is 0 Å². The molecule has 2 aromatic rings. The summed E-state index contributed by atoms with van der Waals surface area (Å²) in [6, 6.07) is 19.2. The van der Waals surface area contributed by atoms with Crippen LogP contribution in [0.3, 0.4) is 0 Å². The Hall–Kier alpha value is -1.80. The number of rotatable bonds is 6. The summed E-state index contributed by atoms with van der Waals surface area (Å²) in [4.78, 5) is 2.30. The molecule has 0 bridgehead atoms. The molecular formula is C17H22N2. The summed E-state index contributed by atoms with van der Waals surface area (Å²) in [6.45, 7) is 5.13. The highest BCUT2D eigenvalue weighted by Crippen LogP contribution is 2.12. The highest BCUT2D eigenvalue weighted by molar-refractivity contribution is 5.45. The highest BCUT2D eigenvalue weighted by atomic mass is 15.1. The Morgan fingerprint density at radius 3 is 2.21 bits per heavy atom. The molecule has 0 amide bonds. The van der Waals surface area contributed by atoms with Crippen LogP contribution in [-0.4, -0.2) is 18.5 Å². The topological polar surface area (TPSA) is 15.3 Å². The van der Waals surface area contributed by atoms with Gasteiger partial charge in [0.05, 0.1) is 0 Å². The van der Waals surface area contributed by atoms with E-state index in [9.17, 15) is 0 Å². The zero-order chi connectivity index (χ0) is 13.5. The molecule has 0 aliphatic rings. The normalized spacial score (nSPS) is 10.7. The van der Waals surface area contributed by atoms with Crippen molar-refractivity contribution >= 4 is 5.69 Å². The molecule has 2 aromatic carbocycles. The zero-order valence-electron chi connectivity index (χ0n) is 11.8. The van der Waals surface area contributed by atoms with Gasteiger partial charge in [-0.2, -0.15) is 0 Å². The Bertz CT molecular complexity index is 476. The van der Waals surface area contributed by atoms with Crippen molar-refractivity contribution in [3.63, 3.8) is 0 Å². The van der Waals surface area contributed by atoms with Crippen LogP contribution in [0.4, 0.5) is 5.69 Å².